The largest absolute Gasteiger partial charge is 0.469 e. The molecule has 5 heteroatoms. The number of rotatable bonds is 10. The van der Waals surface area contributed by atoms with Crippen LogP contribution in [-0.2, 0) is 14.3 Å². The van der Waals surface area contributed by atoms with Crippen LogP contribution >= 0.6 is 0 Å². The monoisotopic (exact) mass is 272 g/mol. The average molecular weight is 272 g/mol. The fourth-order valence-corrected chi connectivity index (χ4v) is 1.94. The highest BCUT2D eigenvalue weighted by atomic mass is 16.5. The van der Waals surface area contributed by atoms with E-state index in [9.17, 15) is 9.59 Å². The van der Waals surface area contributed by atoms with Crippen molar-refractivity contribution in [2.75, 3.05) is 39.8 Å². The fourth-order valence-electron chi connectivity index (χ4n) is 1.94. The van der Waals surface area contributed by atoms with E-state index in [0.717, 1.165) is 26.1 Å². The number of nitrogens with zero attached hydrogens (tertiary/aromatic N) is 2. The molecule has 0 heterocycles. The number of esters is 1. The topological polar surface area (TPSA) is 49.9 Å². The quantitative estimate of drug-likeness (QED) is 0.566. The molecule has 0 aliphatic rings. The van der Waals surface area contributed by atoms with Gasteiger partial charge < -0.3 is 14.5 Å². The van der Waals surface area contributed by atoms with Gasteiger partial charge in [0, 0.05) is 19.5 Å². The molecule has 0 spiro atoms. The smallest absolute Gasteiger partial charge is 0.307 e. The van der Waals surface area contributed by atoms with Crippen LogP contribution in [-0.4, -0.2) is 61.5 Å². The van der Waals surface area contributed by atoms with Gasteiger partial charge in [0.05, 0.1) is 13.5 Å². The van der Waals surface area contributed by atoms with Crippen LogP contribution in [0.4, 0.5) is 0 Å². The second-order valence-corrected chi connectivity index (χ2v) is 4.44. The lowest BCUT2D eigenvalue weighted by atomic mass is 10.3. The van der Waals surface area contributed by atoms with Gasteiger partial charge in [-0.25, -0.2) is 0 Å². The Morgan fingerprint density at radius 1 is 1.00 bits per heavy atom. The van der Waals surface area contributed by atoms with Crippen molar-refractivity contribution in [3.05, 3.63) is 0 Å². The van der Waals surface area contributed by atoms with Crippen molar-refractivity contribution in [3.63, 3.8) is 0 Å². The van der Waals surface area contributed by atoms with Crippen LogP contribution in [0.1, 0.15) is 40.0 Å². The van der Waals surface area contributed by atoms with Crippen molar-refractivity contribution in [2.24, 2.45) is 0 Å². The Hall–Kier alpha value is -1.10. The number of hydrogen-bond donors (Lipinski definition) is 0. The van der Waals surface area contributed by atoms with Crippen LogP contribution in [0.25, 0.3) is 0 Å². The van der Waals surface area contributed by atoms with Gasteiger partial charge in [-0.15, -0.1) is 0 Å². The Morgan fingerprint density at radius 2 is 1.63 bits per heavy atom. The Labute approximate surface area is 116 Å². The molecule has 0 rings (SSSR count). The van der Waals surface area contributed by atoms with Gasteiger partial charge in [0.2, 0.25) is 5.91 Å². The van der Waals surface area contributed by atoms with Gasteiger partial charge in [-0.3, -0.25) is 9.59 Å². The molecular formula is C14H28N2O3. The molecule has 1 amide bonds. The van der Waals surface area contributed by atoms with Crippen molar-refractivity contribution < 1.29 is 14.3 Å². The van der Waals surface area contributed by atoms with Gasteiger partial charge in [0.15, 0.2) is 0 Å². The van der Waals surface area contributed by atoms with Gasteiger partial charge >= 0.3 is 5.97 Å². The van der Waals surface area contributed by atoms with Crippen LogP contribution in [0.5, 0.6) is 0 Å². The summed E-state index contributed by atoms with van der Waals surface area (Å²) in [6.45, 7) is 10.3. The number of carbonyl (C=O) groups is 2. The van der Waals surface area contributed by atoms with E-state index < -0.39 is 0 Å². The molecule has 0 aromatic carbocycles. The second-order valence-electron chi connectivity index (χ2n) is 4.44. The van der Waals surface area contributed by atoms with Crippen molar-refractivity contribution in [1.82, 2.24) is 9.80 Å². The highest BCUT2D eigenvalue weighted by Crippen LogP contribution is 2.01. The van der Waals surface area contributed by atoms with E-state index in [1.165, 1.54) is 7.11 Å². The van der Waals surface area contributed by atoms with E-state index in [4.69, 9.17) is 0 Å². The number of amides is 1. The first-order valence-electron chi connectivity index (χ1n) is 7.15. The van der Waals surface area contributed by atoms with Gasteiger partial charge in [0.25, 0.3) is 0 Å². The lowest BCUT2D eigenvalue weighted by molar-refractivity contribution is -0.141. The Morgan fingerprint density at radius 3 is 2.11 bits per heavy atom. The van der Waals surface area contributed by atoms with Gasteiger partial charge in [-0.2, -0.15) is 0 Å². The first kappa shape index (κ1) is 17.9. The minimum absolute atomic E-state index is 0.100. The molecule has 0 saturated heterocycles. The van der Waals surface area contributed by atoms with Crippen LogP contribution in [0.3, 0.4) is 0 Å². The molecule has 0 aliphatic heterocycles. The summed E-state index contributed by atoms with van der Waals surface area (Å²) in [5.74, 6) is -0.166. The van der Waals surface area contributed by atoms with E-state index in [1.54, 1.807) is 4.90 Å². The third kappa shape index (κ3) is 7.82. The van der Waals surface area contributed by atoms with Crippen LogP contribution < -0.4 is 0 Å². The SMILES string of the molecule is CCC(=O)N(CCCN(CC)CC)CCC(=O)OC. The van der Waals surface area contributed by atoms with Gasteiger partial charge in [0.1, 0.15) is 0 Å². The molecule has 0 radical (unpaired) electrons. The van der Waals surface area contributed by atoms with E-state index in [-0.39, 0.29) is 18.3 Å². The van der Waals surface area contributed by atoms with Crippen molar-refractivity contribution in [3.8, 4) is 0 Å². The zero-order valence-electron chi connectivity index (χ0n) is 12.8. The summed E-state index contributed by atoms with van der Waals surface area (Å²) in [5, 5.41) is 0. The van der Waals surface area contributed by atoms with Crippen molar-refractivity contribution in [1.29, 1.82) is 0 Å². The molecule has 19 heavy (non-hydrogen) atoms. The maximum absolute atomic E-state index is 11.8. The van der Waals surface area contributed by atoms with E-state index in [2.05, 4.69) is 23.5 Å². The highest BCUT2D eigenvalue weighted by molar-refractivity contribution is 5.76. The maximum atomic E-state index is 11.8. The molecule has 0 fully saturated rings. The zero-order valence-corrected chi connectivity index (χ0v) is 12.8. The predicted molar refractivity (Wildman–Crippen MR) is 75.9 cm³/mol. The summed E-state index contributed by atoms with van der Waals surface area (Å²) >= 11 is 0. The molecular weight excluding hydrogens is 244 g/mol. The summed E-state index contributed by atoms with van der Waals surface area (Å²) in [6.07, 6.45) is 1.69. The molecule has 0 unspecified atom stereocenters. The third-order valence-corrected chi connectivity index (χ3v) is 3.27. The lowest BCUT2D eigenvalue weighted by Crippen LogP contribution is -2.35. The summed E-state index contributed by atoms with van der Waals surface area (Å²) in [7, 11) is 1.37. The average Bonchev–Trinajstić information content (AvgIpc) is 2.45. The van der Waals surface area contributed by atoms with Gasteiger partial charge in [-0.05, 0) is 26.1 Å². The summed E-state index contributed by atoms with van der Waals surface area (Å²) in [5.41, 5.74) is 0. The molecule has 0 N–H and O–H groups in total. The molecule has 0 aliphatic carbocycles. The standard InChI is InChI=1S/C14H28N2O3/c1-5-13(17)16(12-9-14(18)19-4)11-8-10-15(6-2)7-3/h5-12H2,1-4H3. The van der Waals surface area contributed by atoms with Crippen LogP contribution in [0.2, 0.25) is 0 Å². The molecule has 0 aromatic rings. The fraction of sp³-hybridized carbons (Fsp3) is 0.857. The second kappa shape index (κ2) is 10.8. The predicted octanol–water partition coefficient (Wildman–Crippen LogP) is 1.52. The third-order valence-electron chi connectivity index (χ3n) is 3.27. The van der Waals surface area contributed by atoms with E-state index in [0.29, 0.717) is 19.5 Å². The van der Waals surface area contributed by atoms with Crippen molar-refractivity contribution in [2.45, 2.75) is 40.0 Å². The minimum Gasteiger partial charge on any atom is -0.469 e. The normalized spacial score (nSPS) is 10.6. The minimum atomic E-state index is -0.266. The van der Waals surface area contributed by atoms with Crippen LogP contribution in [0.15, 0.2) is 0 Å². The van der Waals surface area contributed by atoms with Crippen LogP contribution in [0, 0.1) is 0 Å². The first-order valence-corrected chi connectivity index (χ1v) is 7.15. The zero-order chi connectivity index (χ0) is 14.7. The molecule has 0 bridgehead atoms. The number of ether oxygens (including phenoxy) is 1. The Kier molecular flexibility index (Phi) is 10.2. The summed E-state index contributed by atoms with van der Waals surface area (Å²) in [4.78, 5) is 27.0. The number of hydrogen-bond acceptors (Lipinski definition) is 4. The number of carbonyl (C=O) groups excluding carboxylic acids is 2. The van der Waals surface area contributed by atoms with E-state index in [1.807, 2.05) is 6.92 Å². The Balaban J connectivity index is 4.13. The molecule has 112 valence electrons. The molecule has 0 saturated carbocycles. The van der Waals surface area contributed by atoms with Crippen molar-refractivity contribution >= 4 is 11.9 Å². The number of methoxy groups -OCH3 is 1. The summed E-state index contributed by atoms with van der Waals surface area (Å²) in [6, 6.07) is 0. The van der Waals surface area contributed by atoms with Gasteiger partial charge in [-0.1, -0.05) is 20.8 Å². The molecule has 5 nitrogen and oxygen atoms in total. The molecule has 0 aromatic heterocycles. The highest BCUT2D eigenvalue weighted by Gasteiger charge is 2.13. The molecule has 0 atom stereocenters. The maximum Gasteiger partial charge on any atom is 0.307 e. The Bertz CT molecular complexity index is 265. The first-order chi connectivity index (χ1) is 9.08. The van der Waals surface area contributed by atoms with E-state index >= 15 is 0 Å². The summed E-state index contributed by atoms with van der Waals surface area (Å²) < 4.78 is 4.61. The lowest BCUT2D eigenvalue weighted by Gasteiger charge is -2.24.